The van der Waals surface area contributed by atoms with Crippen molar-refractivity contribution in [3.05, 3.63) is 58.8 Å². The van der Waals surface area contributed by atoms with Gasteiger partial charge in [0, 0.05) is 40.7 Å². The second-order valence-corrected chi connectivity index (χ2v) is 6.18. The summed E-state index contributed by atoms with van der Waals surface area (Å²) in [5, 5.41) is 6.52. The first kappa shape index (κ1) is 16.4. The standard InChI is InChI=1S/C18H18BrN5/c1-3-21-18-23-16(13-5-4-8-20-11-13)10-17(24-18)22-14-6-7-15(19)12(2)9-14/h4-11H,3H2,1-2H3,(H2,21,22,23,24). The van der Waals surface area contributed by atoms with Crippen LogP contribution in [0.3, 0.4) is 0 Å². The van der Waals surface area contributed by atoms with Gasteiger partial charge in [-0.1, -0.05) is 15.9 Å². The van der Waals surface area contributed by atoms with Gasteiger partial charge in [-0.15, -0.1) is 0 Å². The highest BCUT2D eigenvalue weighted by Gasteiger charge is 2.07. The first-order valence-electron chi connectivity index (χ1n) is 7.72. The van der Waals surface area contributed by atoms with E-state index in [1.54, 1.807) is 12.4 Å². The highest BCUT2D eigenvalue weighted by Crippen LogP contribution is 2.25. The Morgan fingerprint density at radius 2 is 2.00 bits per heavy atom. The minimum atomic E-state index is 0.593. The Hall–Kier alpha value is -2.47. The van der Waals surface area contributed by atoms with Crippen LogP contribution >= 0.6 is 15.9 Å². The van der Waals surface area contributed by atoms with Crippen LogP contribution in [0, 0.1) is 6.92 Å². The number of pyridine rings is 1. The van der Waals surface area contributed by atoms with Crippen molar-refractivity contribution in [1.82, 2.24) is 15.0 Å². The fraction of sp³-hybridized carbons (Fsp3) is 0.167. The Morgan fingerprint density at radius 1 is 1.12 bits per heavy atom. The molecule has 1 aromatic carbocycles. The topological polar surface area (TPSA) is 62.7 Å². The van der Waals surface area contributed by atoms with E-state index in [9.17, 15) is 0 Å². The maximum atomic E-state index is 4.56. The Bertz CT molecular complexity index is 836. The molecule has 0 amide bonds. The van der Waals surface area contributed by atoms with E-state index < -0.39 is 0 Å². The number of hydrogen-bond donors (Lipinski definition) is 2. The van der Waals surface area contributed by atoms with Gasteiger partial charge in [-0.2, -0.15) is 4.98 Å². The first-order chi connectivity index (χ1) is 11.7. The lowest BCUT2D eigenvalue weighted by Crippen LogP contribution is -2.05. The highest BCUT2D eigenvalue weighted by atomic mass is 79.9. The van der Waals surface area contributed by atoms with Gasteiger partial charge in [0.15, 0.2) is 0 Å². The molecule has 0 unspecified atom stereocenters. The molecule has 0 bridgehead atoms. The van der Waals surface area contributed by atoms with Crippen molar-refractivity contribution >= 4 is 33.4 Å². The number of aromatic nitrogens is 3. The van der Waals surface area contributed by atoms with E-state index in [1.807, 2.05) is 37.3 Å². The molecule has 6 heteroatoms. The van der Waals surface area contributed by atoms with Crippen LogP contribution in [0.2, 0.25) is 0 Å². The first-order valence-corrected chi connectivity index (χ1v) is 8.51. The maximum Gasteiger partial charge on any atom is 0.225 e. The zero-order chi connectivity index (χ0) is 16.9. The van der Waals surface area contributed by atoms with Crippen molar-refractivity contribution in [1.29, 1.82) is 0 Å². The zero-order valence-corrected chi connectivity index (χ0v) is 15.1. The molecule has 0 fully saturated rings. The molecule has 0 aliphatic heterocycles. The van der Waals surface area contributed by atoms with Crippen LogP contribution in [0.4, 0.5) is 17.5 Å². The van der Waals surface area contributed by atoms with Crippen LogP contribution < -0.4 is 10.6 Å². The van der Waals surface area contributed by atoms with Gasteiger partial charge >= 0.3 is 0 Å². The molecule has 2 aromatic heterocycles. The molecule has 0 radical (unpaired) electrons. The van der Waals surface area contributed by atoms with E-state index in [0.717, 1.165) is 39.3 Å². The molecule has 122 valence electrons. The van der Waals surface area contributed by atoms with E-state index in [2.05, 4.69) is 54.5 Å². The fourth-order valence-electron chi connectivity index (χ4n) is 2.28. The molecule has 0 aliphatic carbocycles. The minimum absolute atomic E-state index is 0.593. The fourth-order valence-corrected chi connectivity index (χ4v) is 2.53. The van der Waals surface area contributed by atoms with Gasteiger partial charge in [0.1, 0.15) is 5.82 Å². The minimum Gasteiger partial charge on any atom is -0.354 e. The molecule has 0 aliphatic rings. The van der Waals surface area contributed by atoms with Crippen molar-refractivity contribution in [3.8, 4) is 11.3 Å². The molecule has 0 saturated heterocycles. The summed E-state index contributed by atoms with van der Waals surface area (Å²) in [6.07, 6.45) is 3.55. The van der Waals surface area contributed by atoms with Crippen LogP contribution in [-0.4, -0.2) is 21.5 Å². The van der Waals surface area contributed by atoms with Crippen LogP contribution in [0.15, 0.2) is 53.3 Å². The van der Waals surface area contributed by atoms with Crippen LogP contribution in [0.25, 0.3) is 11.3 Å². The highest BCUT2D eigenvalue weighted by molar-refractivity contribution is 9.10. The predicted octanol–water partition coefficient (Wildman–Crippen LogP) is 4.78. The van der Waals surface area contributed by atoms with E-state index in [1.165, 1.54) is 0 Å². The Balaban J connectivity index is 1.97. The molecule has 5 nitrogen and oxygen atoms in total. The van der Waals surface area contributed by atoms with Gasteiger partial charge in [0.25, 0.3) is 0 Å². The van der Waals surface area contributed by atoms with Crippen LogP contribution in [0.5, 0.6) is 0 Å². The number of benzene rings is 1. The van der Waals surface area contributed by atoms with Crippen molar-refractivity contribution < 1.29 is 0 Å². The van der Waals surface area contributed by atoms with Gasteiger partial charge < -0.3 is 10.6 Å². The summed E-state index contributed by atoms with van der Waals surface area (Å²) in [5.74, 6) is 1.33. The Kier molecular flexibility index (Phi) is 5.05. The molecule has 2 heterocycles. The SMILES string of the molecule is CCNc1nc(Nc2ccc(Br)c(C)c2)cc(-c2cccnc2)n1. The van der Waals surface area contributed by atoms with Gasteiger partial charge in [-0.05, 0) is 49.7 Å². The number of aryl methyl sites for hydroxylation is 1. The number of anilines is 3. The van der Waals surface area contributed by atoms with E-state index >= 15 is 0 Å². The number of rotatable bonds is 5. The lowest BCUT2D eigenvalue weighted by Gasteiger charge is -2.11. The van der Waals surface area contributed by atoms with E-state index in [0.29, 0.717) is 5.95 Å². The largest absolute Gasteiger partial charge is 0.354 e. The van der Waals surface area contributed by atoms with Crippen LogP contribution in [-0.2, 0) is 0 Å². The maximum absolute atomic E-state index is 4.56. The van der Waals surface area contributed by atoms with Crippen molar-refractivity contribution in [3.63, 3.8) is 0 Å². The van der Waals surface area contributed by atoms with Gasteiger partial charge in [0.2, 0.25) is 5.95 Å². The third-order valence-corrected chi connectivity index (χ3v) is 4.34. The average molecular weight is 384 g/mol. The number of halogens is 1. The predicted molar refractivity (Wildman–Crippen MR) is 102 cm³/mol. The van der Waals surface area contributed by atoms with Crippen molar-refractivity contribution in [2.45, 2.75) is 13.8 Å². The molecule has 24 heavy (non-hydrogen) atoms. The number of hydrogen-bond acceptors (Lipinski definition) is 5. The normalized spacial score (nSPS) is 10.5. The third kappa shape index (κ3) is 3.89. The van der Waals surface area contributed by atoms with Crippen LogP contribution in [0.1, 0.15) is 12.5 Å². The summed E-state index contributed by atoms with van der Waals surface area (Å²) in [7, 11) is 0. The van der Waals surface area contributed by atoms with Crippen molar-refractivity contribution in [2.24, 2.45) is 0 Å². The summed E-state index contributed by atoms with van der Waals surface area (Å²) in [5.41, 5.74) is 3.92. The van der Waals surface area contributed by atoms with E-state index in [-0.39, 0.29) is 0 Å². The lowest BCUT2D eigenvalue weighted by molar-refractivity contribution is 1.09. The monoisotopic (exact) mass is 383 g/mol. The third-order valence-electron chi connectivity index (χ3n) is 3.45. The number of nitrogens with zero attached hydrogens (tertiary/aromatic N) is 3. The summed E-state index contributed by atoms with van der Waals surface area (Å²) in [6, 6.07) is 11.9. The summed E-state index contributed by atoms with van der Waals surface area (Å²) in [6.45, 7) is 4.83. The molecule has 0 atom stereocenters. The summed E-state index contributed by atoms with van der Waals surface area (Å²) in [4.78, 5) is 13.3. The second kappa shape index (κ2) is 7.40. The molecular weight excluding hydrogens is 366 g/mol. The smallest absolute Gasteiger partial charge is 0.225 e. The van der Waals surface area contributed by atoms with Crippen molar-refractivity contribution in [2.75, 3.05) is 17.2 Å². The molecule has 2 N–H and O–H groups in total. The van der Waals surface area contributed by atoms with E-state index in [4.69, 9.17) is 0 Å². The lowest BCUT2D eigenvalue weighted by atomic mass is 10.2. The Labute approximate surface area is 149 Å². The Morgan fingerprint density at radius 3 is 2.71 bits per heavy atom. The summed E-state index contributed by atoms with van der Waals surface area (Å²) < 4.78 is 1.08. The summed E-state index contributed by atoms with van der Waals surface area (Å²) >= 11 is 3.52. The molecule has 3 rings (SSSR count). The average Bonchev–Trinajstić information content (AvgIpc) is 2.59. The van der Waals surface area contributed by atoms with Gasteiger partial charge in [-0.25, -0.2) is 4.98 Å². The molecule has 3 aromatic rings. The zero-order valence-electron chi connectivity index (χ0n) is 13.5. The second-order valence-electron chi connectivity index (χ2n) is 5.32. The quantitative estimate of drug-likeness (QED) is 0.663. The van der Waals surface area contributed by atoms with Gasteiger partial charge in [0.05, 0.1) is 5.69 Å². The molecular formula is C18H18BrN5. The number of nitrogens with one attached hydrogen (secondary N) is 2. The van der Waals surface area contributed by atoms with Gasteiger partial charge in [-0.3, -0.25) is 4.98 Å². The molecule has 0 spiro atoms. The molecule has 0 saturated carbocycles.